The van der Waals surface area contributed by atoms with Crippen LogP contribution in [0.4, 0.5) is 0 Å². The molecule has 1 rings (SSSR count). The number of hydrogen-bond donors (Lipinski definition) is 2. The highest BCUT2D eigenvalue weighted by molar-refractivity contribution is 5.79. The first-order valence-electron chi connectivity index (χ1n) is 9.81. The number of hydrogen-bond acceptors (Lipinski definition) is 4. The Morgan fingerprint density at radius 3 is 1.35 bits per heavy atom. The van der Waals surface area contributed by atoms with Gasteiger partial charge in [-0.25, -0.2) is 0 Å². The molecular formula is C20H40N4O2. The van der Waals surface area contributed by atoms with Gasteiger partial charge < -0.3 is 10.6 Å². The molecule has 0 heterocycles. The Hall–Kier alpha value is -1.14. The molecule has 26 heavy (non-hydrogen) atoms. The van der Waals surface area contributed by atoms with Crippen LogP contribution in [0.25, 0.3) is 0 Å². The van der Waals surface area contributed by atoms with E-state index in [4.69, 9.17) is 0 Å². The number of carbonyl (C=O) groups excluding carboxylic acids is 2. The first-order chi connectivity index (χ1) is 11.8. The fourth-order valence-electron chi connectivity index (χ4n) is 3.72. The van der Waals surface area contributed by atoms with Crippen LogP contribution in [0, 0.1) is 0 Å². The Labute approximate surface area is 160 Å². The molecule has 0 bridgehead atoms. The molecule has 0 aromatic carbocycles. The minimum Gasteiger partial charge on any atom is -0.350 e. The van der Waals surface area contributed by atoms with Crippen LogP contribution in [0.3, 0.4) is 0 Å². The number of carbonyl (C=O) groups is 2. The van der Waals surface area contributed by atoms with Gasteiger partial charge in [0.2, 0.25) is 11.8 Å². The minimum atomic E-state index is -0.217. The Kier molecular flexibility index (Phi) is 8.08. The molecule has 6 nitrogen and oxygen atoms in total. The summed E-state index contributed by atoms with van der Waals surface area (Å²) in [6, 6.07) is 0.587. The summed E-state index contributed by atoms with van der Waals surface area (Å²) in [5, 5.41) is 6.07. The Morgan fingerprint density at radius 2 is 1.08 bits per heavy atom. The van der Waals surface area contributed by atoms with E-state index in [1.54, 1.807) is 0 Å². The van der Waals surface area contributed by atoms with Crippen LogP contribution in [-0.2, 0) is 9.59 Å². The van der Waals surface area contributed by atoms with E-state index in [9.17, 15) is 9.59 Å². The molecule has 152 valence electrons. The van der Waals surface area contributed by atoms with E-state index < -0.39 is 0 Å². The summed E-state index contributed by atoms with van der Waals surface area (Å²) in [4.78, 5) is 28.9. The maximum Gasteiger partial charge on any atom is 0.234 e. The SMILES string of the molecule is CN(CC(=O)NC(C)(C)C)[C@@H]1CCCC[C@H]1N(C)CC(=O)NC(C)(C)C. The second kappa shape index (κ2) is 9.18. The first kappa shape index (κ1) is 22.9. The Morgan fingerprint density at radius 1 is 0.769 bits per heavy atom. The van der Waals surface area contributed by atoms with Crippen molar-refractivity contribution in [2.45, 2.75) is 90.4 Å². The smallest absolute Gasteiger partial charge is 0.234 e. The van der Waals surface area contributed by atoms with E-state index in [2.05, 4.69) is 20.4 Å². The molecule has 0 radical (unpaired) electrons. The van der Waals surface area contributed by atoms with Crippen molar-refractivity contribution >= 4 is 11.8 Å². The zero-order valence-corrected chi connectivity index (χ0v) is 18.1. The maximum atomic E-state index is 12.3. The van der Waals surface area contributed by atoms with Gasteiger partial charge >= 0.3 is 0 Å². The van der Waals surface area contributed by atoms with Crippen molar-refractivity contribution in [3.05, 3.63) is 0 Å². The van der Waals surface area contributed by atoms with Gasteiger partial charge in [0.05, 0.1) is 13.1 Å². The second-order valence-electron chi connectivity index (χ2n) is 9.85. The van der Waals surface area contributed by atoms with Gasteiger partial charge in [0.25, 0.3) is 0 Å². The molecule has 2 N–H and O–H groups in total. The third-order valence-electron chi connectivity index (χ3n) is 4.64. The maximum absolute atomic E-state index is 12.3. The van der Waals surface area contributed by atoms with Crippen molar-refractivity contribution < 1.29 is 9.59 Å². The number of nitrogens with one attached hydrogen (secondary N) is 2. The molecule has 0 aromatic rings. The monoisotopic (exact) mass is 368 g/mol. The molecule has 0 aromatic heterocycles. The number of likely N-dealkylation sites (N-methyl/N-ethyl adjacent to an activating group) is 2. The highest BCUT2D eigenvalue weighted by atomic mass is 16.2. The van der Waals surface area contributed by atoms with Gasteiger partial charge in [-0.05, 0) is 68.5 Å². The van der Waals surface area contributed by atoms with Gasteiger partial charge in [-0.1, -0.05) is 12.8 Å². The molecule has 1 aliphatic carbocycles. The standard InChI is InChI=1S/C20H40N4O2/c1-19(2,3)21-17(25)13-23(7)15-11-9-10-12-16(15)24(8)14-18(26)22-20(4,5)6/h15-16H,9-14H2,1-8H3,(H,21,25)(H,22,26)/t15-,16-/m1/s1. The normalized spacial score (nSPS) is 21.8. The zero-order valence-electron chi connectivity index (χ0n) is 18.1. The van der Waals surface area contributed by atoms with Gasteiger partial charge in [-0.15, -0.1) is 0 Å². The van der Waals surface area contributed by atoms with Crippen molar-refractivity contribution in [1.29, 1.82) is 0 Å². The van der Waals surface area contributed by atoms with Crippen LogP contribution in [0.1, 0.15) is 67.2 Å². The molecule has 0 aliphatic heterocycles. The molecule has 0 saturated heterocycles. The van der Waals surface area contributed by atoms with Gasteiger partial charge in [0.15, 0.2) is 0 Å². The largest absolute Gasteiger partial charge is 0.350 e. The lowest BCUT2D eigenvalue weighted by molar-refractivity contribution is -0.126. The number of rotatable bonds is 6. The molecule has 1 aliphatic rings. The molecule has 0 unspecified atom stereocenters. The topological polar surface area (TPSA) is 64.7 Å². The van der Waals surface area contributed by atoms with Crippen molar-refractivity contribution in [3.8, 4) is 0 Å². The fourth-order valence-corrected chi connectivity index (χ4v) is 3.72. The molecule has 2 amide bonds. The molecule has 0 spiro atoms. The first-order valence-corrected chi connectivity index (χ1v) is 9.81. The summed E-state index contributed by atoms with van der Waals surface area (Å²) in [5.41, 5.74) is -0.433. The van der Waals surface area contributed by atoms with Crippen LogP contribution in [0.15, 0.2) is 0 Å². The summed E-state index contributed by atoms with van der Waals surface area (Å²) in [7, 11) is 4.04. The summed E-state index contributed by atoms with van der Waals surface area (Å²) in [6.07, 6.45) is 4.48. The van der Waals surface area contributed by atoms with Crippen LogP contribution in [0.5, 0.6) is 0 Å². The highest BCUT2D eigenvalue weighted by Crippen LogP contribution is 2.26. The van der Waals surface area contributed by atoms with E-state index in [0.717, 1.165) is 12.8 Å². The van der Waals surface area contributed by atoms with Crippen LogP contribution < -0.4 is 10.6 Å². The predicted molar refractivity (Wildman–Crippen MR) is 107 cm³/mol. The zero-order chi connectivity index (χ0) is 20.1. The molecule has 2 atom stereocenters. The Balaban J connectivity index is 2.67. The van der Waals surface area contributed by atoms with E-state index >= 15 is 0 Å². The summed E-state index contributed by atoms with van der Waals surface area (Å²) in [6.45, 7) is 12.8. The predicted octanol–water partition coefficient (Wildman–Crippen LogP) is 1.99. The van der Waals surface area contributed by atoms with Gasteiger partial charge in [0.1, 0.15) is 0 Å². The van der Waals surface area contributed by atoms with Gasteiger partial charge in [-0.2, -0.15) is 0 Å². The molecule has 6 heteroatoms. The Bertz CT molecular complexity index is 435. The summed E-state index contributed by atoms with van der Waals surface area (Å²) >= 11 is 0. The third-order valence-corrected chi connectivity index (χ3v) is 4.64. The van der Waals surface area contributed by atoms with Crippen LogP contribution >= 0.6 is 0 Å². The quantitative estimate of drug-likeness (QED) is 0.753. The minimum absolute atomic E-state index is 0.0532. The average molecular weight is 369 g/mol. The average Bonchev–Trinajstić information content (AvgIpc) is 2.42. The number of nitrogens with zero attached hydrogens (tertiary/aromatic N) is 2. The van der Waals surface area contributed by atoms with Crippen molar-refractivity contribution in [1.82, 2.24) is 20.4 Å². The van der Waals surface area contributed by atoms with Crippen LogP contribution in [0.2, 0.25) is 0 Å². The van der Waals surface area contributed by atoms with E-state index in [1.807, 2.05) is 55.6 Å². The highest BCUT2D eigenvalue weighted by Gasteiger charge is 2.33. The van der Waals surface area contributed by atoms with Gasteiger partial charge in [-0.3, -0.25) is 19.4 Å². The lowest BCUT2D eigenvalue weighted by Crippen LogP contribution is -2.56. The van der Waals surface area contributed by atoms with E-state index in [1.165, 1.54) is 12.8 Å². The molecule has 1 fully saturated rings. The van der Waals surface area contributed by atoms with E-state index in [-0.39, 0.29) is 22.9 Å². The van der Waals surface area contributed by atoms with Crippen molar-refractivity contribution in [2.24, 2.45) is 0 Å². The molecular weight excluding hydrogens is 328 g/mol. The van der Waals surface area contributed by atoms with Crippen molar-refractivity contribution in [2.75, 3.05) is 27.2 Å². The second-order valence-corrected chi connectivity index (χ2v) is 9.85. The third kappa shape index (κ3) is 8.49. The fraction of sp³-hybridized carbons (Fsp3) is 0.900. The van der Waals surface area contributed by atoms with E-state index in [0.29, 0.717) is 25.2 Å². The number of amides is 2. The lowest BCUT2D eigenvalue weighted by Gasteiger charge is -2.42. The van der Waals surface area contributed by atoms with Crippen molar-refractivity contribution in [3.63, 3.8) is 0 Å². The van der Waals surface area contributed by atoms with Gasteiger partial charge in [0, 0.05) is 23.2 Å². The lowest BCUT2D eigenvalue weighted by atomic mass is 9.88. The van der Waals surface area contributed by atoms with Crippen LogP contribution in [-0.4, -0.2) is 72.0 Å². The summed E-state index contributed by atoms with van der Waals surface area (Å²) in [5.74, 6) is 0.106. The molecule has 1 saturated carbocycles. The summed E-state index contributed by atoms with van der Waals surface area (Å²) < 4.78 is 0.